The van der Waals surface area contributed by atoms with Crippen LogP contribution in [0, 0.1) is 23.7 Å². The number of nitrogens with zero attached hydrogens (tertiary/aromatic N) is 5. The third-order valence-electron chi connectivity index (χ3n) is 16.3. The van der Waals surface area contributed by atoms with Crippen LogP contribution in [0.5, 0.6) is 0 Å². The summed E-state index contributed by atoms with van der Waals surface area (Å²) < 4.78 is 67.7. The molecule has 0 saturated heterocycles. The van der Waals surface area contributed by atoms with Crippen molar-refractivity contribution >= 4 is 89.3 Å². The number of rotatable bonds is 36. The standard InChI is InChI=1S/C68H85N9O17S2/c1-9-68(56-35-59-60-54(38-76(59)63(83)55(56)42-92-64(68)84)51(52-22-13-14-23-57(52)74-60)29-31-77(44(4)5)95(6,7)87)94-67(86)93-39-45-25-27-47(28-26-45)73-62(82)58(24-15-30-70-65(69)85)75-61(81)53(43(2)3)34-50(80)41-91-40-49(79)21-17-33-90-32-16-20-48(78)19-12-10-11-18-46-36-71-66(72-37-46)96(8,88)89/h13-14,22-23,25-28,35-37,43-44,53,58H,6,9-10,12,15-17,19-21,24,29-34,38-42H2,1-5,7-8H3,(H,73,82)(H,75,81)(H3,69,70,85)/t53-,58-,68-,95?/m0/s1. The van der Waals surface area contributed by atoms with E-state index in [2.05, 4.69) is 43.6 Å². The number of cyclic esters (lactones) is 1. The van der Waals surface area contributed by atoms with Crippen molar-refractivity contribution in [2.45, 2.75) is 154 Å². The van der Waals surface area contributed by atoms with Gasteiger partial charge in [0, 0.05) is 127 Å². The van der Waals surface area contributed by atoms with Gasteiger partial charge in [0.25, 0.3) is 5.56 Å². The van der Waals surface area contributed by atoms with E-state index >= 15 is 0 Å². The highest BCUT2D eigenvalue weighted by atomic mass is 32.2. The molecule has 5 heterocycles. The zero-order chi connectivity index (χ0) is 69.9. The smallest absolute Gasteiger partial charge is 0.457 e. The van der Waals surface area contributed by atoms with E-state index in [0.29, 0.717) is 91.8 Å². The lowest BCUT2D eigenvalue weighted by molar-refractivity contribution is -0.175. The maximum absolute atomic E-state index is 14.5. The molecular weight excluding hydrogens is 1280 g/mol. The van der Waals surface area contributed by atoms with Gasteiger partial charge >= 0.3 is 18.2 Å². The number of esters is 1. The lowest BCUT2D eigenvalue weighted by atomic mass is 9.85. The number of sulfone groups is 1. The first-order chi connectivity index (χ1) is 45.6. The Hall–Kier alpha value is -8.75. The lowest BCUT2D eigenvalue weighted by Crippen LogP contribution is -2.47. The second-order valence-corrected chi connectivity index (χ2v) is 28.7. The molecule has 28 heteroatoms. The summed E-state index contributed by atoms with van der Waals surface area (Å²) in [4.78, 5) is 132. The van der Waals surface area contributed by atoms with Crippen molar-refractivity contribution in [3.05, 3.63) is 111 Å². The number of ether oxygens (including phenoxy) is 5. The summed E-state index contributed by atoms with van der Waals surface area (Å²) in [5.74, 6) is 5.74. The van der Waals surface area contributed by atoms with Crippen LogP contribution in [0.4, 0.5) is 15.3 Å². The van der Waals surface area contributed by atoms with Crippen molar-refractivity contribution in [1.29, 1.82) is 0 Å². The molecule has 2 aliphatic heterocycles. The fraction of sp³-hybridized carbons (Fsp3) is 0.485. The first-order valence-electron chi connectivity index (χ1n) is 31.8. The Bertz CT molecular complexity index is 4050. The van der Waals surface area contributed by atoms with Crippen molar-refractivity contribution in [1.82, 2.24) is 34.5 Å². The number of nitrogens with two attached hydrogens (primary N) is 1. The lowest BCUT2D eigenvalue weighted by Gasteiger charge is -2.35. The summed E-state index contributed by atoms with van der Waals surface area (Å²) in [5.41, 5.74) is 7.60. The van der Waals surface area contributed by atoms with Gasteiger partial charge in [0.1, 0.15) is 38.3 Å². The third-order valence-corrected chi connectivity index (χ3v) is 18.8. The average molecular weight is 1360 g/mol. The second-order valence-electron chi connectivity index (χ2n) is 24.4. The molecule has 96 heavy (non-hydrogen) atoms. The SMILES string of the molecule is C=S(C)(=O)N(CCc1c2c(nc3ccccc13)-c1cc3c(c(=O)n1C2)COC(=O)[C@@]3(CC)OC(=O)OCc1ccc(NC(=O)[C@H](CCCNC(N)=O)NC(=O)[C@@H](CC(=O)COCC(=O)CCCOCCCC(=O)CCCC#Cc2cnc(S(C)(=O)=O)nc2)C(C)C)cc1)C(C)C. The molecule has 516 valence electrons. The Labute approximate surface area is 558 Å². The summed E-state index contributed by atoms with van der Waals surface area (Å²) in [6, 6.07) is 13.5. The number of carbonyl (C=O) groups excluding carboxylic acids is 8. The Morgan fingerprint density at radius 2 is 1.53 bits per heavy atom. The first kappa shape index (κ1) is 74.6. The van der Waals surface area contributed by atoms with Crippen LogP contribution in [-0.2, 0) is 104 Å². The molecule has 0 spiro atoms. The molecule has 4 atom stereocenters. The number of Topliss-reactive ketones (excluding diaryl/α,β-unsaturated/α-hetero) is 3. The maximum Gasteiger partial charge on any atom is 0.510 e. The fourth-order valence-electron chi connectivity index (χ4n) is 11.3. The van der Waals surface area contributed by atoms with Crippen LogP contribution in [0.15, 0.2) is 76.9 Å². The number of carbonyl (C=O) groups is 8. The summed E-state index contributed by atoms with van der Waals surface area (Å²) in [6.07, 6.45) is 7.22. The molecular formula is C68H85N9O17S2. The molecule has 26 nitrogen and oxygen atoms in total. The van der Waals surface area contributed by atoms with Crippen LogP contribution < -0.4 is 27.2 Å². The highest BCUT2D eigenvalue weighted by Gasteiger charge is 2.51. The van der Waals surface area contributed by atoms with Gasteiger partial charge in [0.2, 0.25) is 32.4 Å². The minimum atomic E-state index is -3.50. The number of aromatic nitrogens is 4. The van der Waals surface area contributed by atoms with Crippen LogP contribution in [0.2, 0.25) is 0 Å². The average Bonchev–Trinajstić information content (AvgIpc) is 1.48. The highest BCUT2D eigenvalue weighted by Crippen LogP contribution is 2.42. The molecule has 0 aliphatic carbocycles. The van der Waals surface area contributed by atoms with Gasteiger partial charge in [-0.05, 0) is 106 Å². The minimum Gasteiger partial charge on any atom is -0.457 e. The number of anilines is 1. The topological polar surface area (TPSA) is 360 Å². The van der Waals surface area contributed by atoms with Crippen LogP contribution in [0.25, 0.3) is 22.3 Å². The number of benzene rings is 2. The van der Waals surface area contributed by atoms with Crippen molar-refractivity contribution in [2.75, 3.05) is 57.3 Å². The molecule has 4 amide bonds. The summed E-state index contributed by atoms with van der Waals surface area (Å²) in [7, 11) is -6.06. The molecule has 0 saturated carbocycles. The number of urea groups is 1. The second kappa shape index (κ2) is 34.3. The van der Waals surface area contributed by atoms with Gasteiger partial charge in [-0.1, -0.05) is 62.9 Å². The summed E-state index contributed by atoms with van der Waals surface area (Å²) in [6.45, 7) is 8.88. The predicted molar refractivity (Wildman–Crippen MR) is 358 cm³/mol. The summed E-state index contributed by atoms with van der Waals surface area (Å²) >= 11 is 0. The number of fused-ring (bicyclic) bond motifs is 5. The minimum absolute atomic E-state index is 0.0580. The van der Waals surface area contributed by atoms with E-state index in [-0.39, 0.29) is 111 Å². The van der Waals surface area contributed by atoms with Crippen molar-refractivity contribution in [3.63, 3.8) is 0 Å². The van der Waals surface area contributed by atoms with Crippen molar-refractivity contribution in [3.8, 4) is 23.2 Å². The Morgan fingerprint density at radius 1 is 0.854 bits per heavy atom. The van der Waals surface area contributed by atoms with Crippen LogP contribution in [0.1, 0.15) is 139 Å². The zero-order valence-electron chi connectivity index (χ0n) is 55.3. The number of ketones is 3. The Morgan fingerprint density at radius 3 is 2.19 bits per heavy atom. The molecule has 0 radical (unpaired) electrons. The maximum atomic E-state index is 14.5. The number of para-hydroxylation sites is 1. The number of hydrogen-bond acceptors (Lipinski definition) is 20. The zero-order valence-corrected chi connectivity index (χ0v) is 56.9. The van der Waals surface area contributed by atoms with E-state index in [1.807, 2.05) is 42.4 Å². The van der Waals surface area contributed by atoms with E-state index < -0.39 is 85.0 Å². The first-order valence-corrected chi connectivity index (χ1v) is 35.8. The van der Waals surface area contributed by atoms with Gasteiger partial charge in [-0.15, -0.1) is 0 Å². The highest BCUT2D eigenvalue weighted by molar-refractivity contribution is 7.97. The number of amides is 4. The molecule has 0 bridgehead atoms. The van der Waals surface area contributed by atoms with Gasteiger partial charge < -0.3 is 49.9 Å². The van der Waals surface area contributed by atoms with Crippen molar-refractivity contribution < 1.29 is 74.7 Å². The molecule has 2 aliphatic rings. The number of nitrogens with one attached hydrogen (secondary N) is 3. The van der Waals surface area contributed by atoms with Gasteiger partial charge in [-0.2, -0.15) is 0 Å². The van der Waals surface area contributed by atoms with Crippen LogP contribution >= 0.6 is 0 Å². The molecule has 5 N–H and O–H groups in total. The van der Waals surface area contributed by atoms with E-state index in [1.165, 1.54) is 24.5 Å². The monoisotopic (exact) mass is 1360 g/mol. The Balaban J connectivity index is 0.869. The molecule has 1 unspecified atom stereocenters. The fourth-order valence-corrected chi connectivity index (χ4v) is 13.2. The molecule has 2 aromatic carbocycles. The largest absolute Gasteiger partial charge is 0.510 e. The van der Waals surface area contributed by atoms with Crippen LogP contribution in [-0.4, -0.2) is 154 Å². The van der Waals surface area contributed by atoms with E-state index in [1.54, 1.807) is 49.8 Å². The van der Waals surface area contributed by atoms with E-state index in [0.717, 1.165) is 22.8 Å². The molecule has 0 fully saturated rings. The van der Waals surface area contributed by atoms with Gasteiger partial charge in [-0.25, -0.2) is 42.1 Å². The number of pyridine rings is 2. The van der Waals surface area contributed by atoms with E-state index in [4.69, 9.17) is 34.4 Å². The summed E-state index contributed by atoms with van der Waals surface area (Å²) in [5, 5.41) is 8.60. The quantitative estimate of drug-likeness (QED) is 0.0112. The number of primary amides is 1. The van der Waals surface area contributed by atoms with Gasteiger partial charge in [0.15, 0.2) is 11.6 Å². The van der Waals surface area contributed by atoms with Crippen molar-refractivity contribution in [2.24, 2.45) is 17.6 Å². The molecule has 7 rings (SSSR count). The third kappa shape index (κ3) is 20.4. The number of unbranched alkanes of at least 4 members (excludes halogenated alkanes) is 1. The van der Waals surface area contributed by atoms with Gasteiger partial charge in [0.05, 0.1) is 34.6 Å². The normalized spacial score (nSPS) is 15.2. The van der Waals surface area contributed by atoms with Crippen LogP contribution in [0.3, 0.4) is 0 Å². The van der Waals surface area contributed by atoms with E-state index in [9.17, 15) is 55.8 Å². The number of hydrogen-bond donors (Lipinski definition) is 4. The molecule has 3 aromatic heterocycles. The Kier molecular flexibility index (Phi) is 26.6. The predicted octanol–water partition coefficient (Wildman–Crippen LogP) is 6.21. The molecule has 5 aromatic rings. The van der Waals surface area contributed by atoms with Gasteiger partial charge in [-0.3, -0.25) is 33.0 Å².